The second-order valence-electron chi connectivity index (χ2n) is 7.53. The summed E-state index contributed by atoms with van der Waals surface area (Å²) >= 11 is 0. The summed E-state index contributed by atoms with van der Waals surface area (Å²) in [5.41, 5.74) is 0.413. The van der Waals surface area contributed by atoms with Crippen molar-refractivity contribution in [3.63, 3.8) is 0 Å². The molecule has 0 bridgehead atoms. The lowest BCUT2D eigenvalue weighted by molar-refractivity contribution is -0.919. The van der Waals surface area contributed by atoms with Crippen molar-refractivity contribution in [2.75, 3.05) is 18.0 Å². The quantitative estimate of drug-likeness (QED) is 0.715. The van der Waals surface area contributed by atoms with Gasteiger partial charge in [0.2, 0.25) is 5.91 Å². The maximum absolute atomic E-state index is 13.0. The second kappa shape index (κ2) is 7.75. The number of hydrogen-bond acceptors (Lipinski definition) is 5. The number of rotatable bonds is 4. The van der Waals surface area contributed by atoms with Gasteiger partial charge in [0, 0.05) is 30.5 Å². The highest BCUT2D eigenvalue weighted by molar-refractivity contribution is 6.21. The summed E-state index contributed by atoms with van der Waals surface area (Å²) in [4.78, 5) is 39.6. The van der Waals surface area contributed by atoms with Crippen LogP contribution in [-0.4, -0.2) is 48.1 Å². The second-order valence-corrected chi connectivity index (χ2v) is 7.53. The fraction of sp³-hybridized carbons (Fsp3) is 0.400. The molecule has 9 heteroatoms. The largest absolute Gasteiger partial charge is 0.360 e. The Balaban J connectivity index is 1.34. The number of nitrogens with one attached hydrogen (secondary N) is 2. The first kappa shape index (κ1) is 19.3. The van der Waals surface area contributed by atoms with Crippen molar-refractivity contribution in [3.8, 4) is 0 Å². The standard InChI is InChI=1S/C20H21FN4O4/c1-12-10-17(23-29-12)25-18(26)11-16(20(25)28)24-8-6-15(7-9-24)22-19(27)13-2-4-14(21)5-3-13/h2-5,10,15-16H,6-9,11H2,1H3,(H,22,27)/p+1/t16-/m0/s1. The lowest BCUT2D eigenvalue weighted by Crippen LogP contribution is -3.17. The number of amides is 3. The number of nitrogens with zero attached hydrogens (tertiary/aromatic N) is 2. The minimum absolute atomic E-state index is 0.0159. The number of likely N-dealkylation sites (tertiary alicyclic amines) is 1. The average Bonchev–Trinajstić information content (AvgIpc) is 3.25. The van der Waals surface area contributed by atoms with E-state index in [2.05, 4.69) is 10.5 Å². The van der Waals surface area contributed by atoms with Gasteiger partial charge >= 0.3 is 0 Å². The number of piperidine rings is 1. The Labute approximate surface area is 166 Å². The molecule has 1 atom stereocenters. The zero-order valence-corrected chi connectivity index (χ0v) is 16.0. The van der Waals surface area contributed by atoms with Crippen LogP contribution in [0, 0.1) is 12.7 Å². The molecule has 1 aromatic heterocycles. The molecule has 0 unspecified atom stereocenters. The average molecular weight is 401 g/mol. The predicted molar refractivity (Wildman–Crippen MR) is 99.7 cm³/mol. The summed E-state index contributed by atoms with van der Waals surface area (Å²) < 4.78 is 18.0. The Morgan fingerprint density at radius 1 is 1.24 bits per heavy atom. The number of carbonyl (C=O) groups is 3. The van der Waals surface area contributed by atoms with E-state index in [4.69, 9.17) is 4.52 Å². The zero-order chi connectivity index (χ0) is 20.5. The molecule has 3 amide bonds. The van der Waals surface area contributed by atoms with Crippen LogP contribution in [0.1, 0.15) is 35.4 Å². The molecule has 0 spiro atoms. The van der Waals surface area contributed by atoms with Gasteiger partial charge < -0.3 is 14.7 Å². The summed E-state index contributed by atoms with van der Waals surface area (Å²) in [6, 6.07) is 6.54. The minimum Gasteiger partial charge on any atom is -0.360 e. The maximum Gasteiger partial charge on any atom is 0.293 e. The molecular formula is C20H22FN4O4+. The molecule has 0 aliphatic carbocycles. The number of imide groups is 1. The van der Waals surface area contributed by atoms with E-state index in [0.29, 0.717) is 37.3 Å². The highest BCUT2D eigenvalue weighted by Crippen LogP contribution is 2.21. The van der Waals surface area contributed by atoms with E-state index in [1.165, 1.54) is 24.3 Å². The van der Waals surface area contributed by atoms with Gasteiger partial charge in [0.15, 0.2) is 11.9 Å². The van der Waals surface area contributed by atoms with Gasteiger partial charge in [-0.25, -0.2) is 9.29 Å². The van der Waals surface area contributed by atoms with Gasteiger partial charge in [0.05, 0.1) is 19.5 Å². The third kappa shape index (κ3) is 3.91. The summed E-state index contributed by atoms with van der Waals surface area (Å²) in [6.45, 7) is 3.04. The summed E-state index contributed by atoms with van der Waals surface area (Å²) in [7, 11) is 0. The van der Waals surface area contributed by atoms with Gasteiger partial charge in [0.1, 0.15) is 11.6 Å². The summed E-state index contributed by atoms with van der Waals surface area (Å²) in [6.07, 6.45) is 1.54. The molecule has 29 heavy (non-hydrogen) atoms. The number of carbonyl (C=O) groups excluding carboxylic acids is 3. The molecule has 2 fully saturated rings. The first-order valence-electron chi connectivity index (χ1n) is 9.63. The molecule has 2 N–H and O–H groups in total. The van der Waals surface area contributed by atoms with Crippen molar-refractivity contribution >= 4 is 23.5 Å². The number of quaternary nitrogens is 1. The Morgan fingerprint density at radius 2 is 1.93 bits per heavy atom. The molecule has 0 saturated carbocycles. The van der Waals surface area contributed by atoms with Crippen LogP contribution in [0.5, 0.6) is 0 Å². The van der Waals surface area contributed by atoms with Gasteiger partial charge in [-0.3, -0.25) is 14.4 Å². The third-order valence-corrected chi connectivity index (χ3v) is 5.55. The topological polar surface area (TPSA) is 97.0 Å². The van der Waals surface area contributed by atoms with Crippen molar-refractivity contribution in [1.82, 2.24) is 10.5 Å². The minimum atomic E-state index is -0.437. The molecule has 152 valence electrons. The summed E-state index contributed by atoms with van der Waals surface area (Å²) in [5, 5.41) is 6.75. The van der Waals surface area contributed by atoms with E-state index in [9.17, 15) is 18.8 Å². The van der Waals surface area contributed by atoms with Crippen molar-refractivity contribution in [2.24, 2.45) is 0 Å². The number of halogens is 1. The van der Waals surface area contributed by atoms with E-state index in [1.54, 1.807) is 13.0 Å². The predicted octanol–water partition coefficient (Wildman–Crippen LogP) is 0.231. The highest BCUT2D eigenvalue weighted by atomic mass is 19.1. The van der Waals surface area contributed by atoms with Crippen LogP contribution in [-0.2, 0) is 9.59 Å². The van der Waals surface area contributed by atoms with E-state index in [-0.39, 0.29) is 41.8 Å². The number of aromatic nitrogens is 1. The number of anilines is 1. The normalized spacial score (nSPS) is 24.8. The Kier molecular flexibility index (Phi) is 5.14. The third-order valence-electron chi connectivity index (χ3n) is 5.55. The van der Waals surface area contributed by atoms with Gasteiger partial charge in [-0.2, -0.15) is 0 Å². The summed E-state index contributed by atoms with van der Waals surface area (Å²) in [5.74, 6) is -0.378. The van der Waals surface area contributed by atoms with Crippen LogP contribution in [0.4, 0.5) is 10.2 Å². The molecule has 2 aromatic rings. The Hall–Kier alpha value is -3.07. The van der Waals surface area contributed by atoms with Crippen LogP contribution in [0.25, 0.3) is 0 Å². The van der Waals surface area contributed by atoms with Gasteiger partial charge in [-0.1, -0.05) is 5.16 Å². The Morgan fingerprint density at radius 3 is 2.55 bits per heavy atom. The molecule has 4 rings (SSSR count). The van der Waals surface area contributed by atoms with E-state index >= 15 is 0 Å². The lowest BCUT2D eigenvalue weighted by Gasteiger charge is -2.32. The van der Waals surface area contributed by atoms with Crippen LogP contribution in [0.2, 0.25) is 0 Å². The van der Waals surface area contributed by atoms with Gasteiger partial charge in [-0.05, 0) is 31.2 Å². The molecule has 2 aliphatic rings. The first-order valence-corrected chi connectivity index (χ1v) is 9.63. The van der Waals surface area contributed by atoms with E-state index < -0.39 is 6.04 Å². The number of aryl methyl sites for hydroxylation is 1. The molecule has 2 aliphatic heterocycles. The van der Waals surface area contributed by atoms with Crippen LogP contribution < -0.4 is 15.1 Å². The fourth-order valence-corrected chi connectivity index (χ4v) is 4.00. The molecular weight excluding hydrogens is 379 g/mol. The first-order chi connectivity index (χ1) is 13.9. The van der Waals surface area contributed by atoms with Crippen molar-refractivity contribution in [3.05, 3.63) is 47.5 Å². The van der Waals surface area contributed by atoms with Crippen LogP contribution >= 0.6 is 0 Å². The molecule has 2 saturated heterocycles. The number of benzene rings is 1. The van der Waals surface area contributed by atoms with Crippen LogP contribution in [0.15, 0.2) is 34.9 Å². The molecule has 0 radical (unpaired) electrons. The number of hydrogen-bond donors (Lipinski definition) is 2. The van der Waals surface area contributed by atoms with Crippen molar-refractivity contribution in [2.45, 2.75) is 38.3 Å². The molecule has 1 aromatic carbocycles. The molecule has 8 nitrogen and oxygen atoms in total. The van der Waals surface area contributed by atoms with Crippen molar-refractivity contribution in [1.29, 1.82) is 0 Å². The highest BCUT2D eigenvalue weighted by Gasteiger charge is 2.47. The maximum atomic E-state index is 13.0. The van der Waals surface area contributed by atoms with Crippen LogP contribution in [0.3, 0.4) is 0 Å². The SMILES string of the molecule is Cc1cc(N2C(=O)C[C@H]([NH+]3CCC(NC(=O)c4ccc(F)cc4)CC3)C2=O)no1. The van der Waals surface area contributed by atoms with Gasteiger partial charge in [-0.15, -0.1) is 0 Å². The van der Waals surface area contributed by atoms with E-state index in [0.717, 1.165) is 9.80 Å². The molecule has 3 heterocycles. The zero-order valence-electron chi connectivity index (χ0n) is 16.0. The van der Waals surface area contributed by atoms with Gasteiger partial charge in [0.25, 0.3) is 11.8 Å². The monoisotopic (exact) mass is 401 g/mol. The Bertz CT molecular complexity index is 934. The lowest BCUT2D eigenvalue weighted by atomic mass is 10.0. The smallest absolute Gasteiger partial charge is 0.293 e. The van der Waals surface area contributed by atoms with Crippen molar-refractivity contribution < 1.29 is 28.2 Å². The van der Waals surface area contributed by atoms with E-state index in [1.807, 2.05) is 0 Å². The fourth-order valence-electron chi connectivity index (χ4n) is 4.00.